The lowest BCUT2D eigenvalue weighted by atomic mass is 10.1. The quantitative estimate of drug-likeness (QED) is 0.0988. The second-order valence-electron chi connectivity index (χ2n) is 19.2. The van der Waals surface area contributed by atoms with Crippen LogP contribution in [0.3, 0.4) is 0 Å². The van der Waals surface area contributed by atoms with Crippen molar-refractivity contribution in [3.63, 3.8) is 0 Å². The molecule has 4 amide bonds. The van der Waals surface area contributed by atoms with Crippen LogP contribution < -0.4 is 24.3 Å². The van der Waals surface area contributed by atoms with Crippen molar-refractivity contribution in [2.45, 2.75) is 122 Å². The number of carbonyl (C=O) groups excluding carboxylic acids is 5. The van der Waals surface area contributed by atoms with Crippen molar-refractivity contribution < 1.29 is 62.2 Å². The summed E-state index contributed by atoms with van der Waals surface area (Å²) in [5.41, 5.74) is 6.09. The van der Waals surface area contributed by atoms with Crippen LogP contribution in [0.4, 0.5) is 32.3 Å². The number of hydrogen-bond donors (Lipinski definition) is 1. The smallest absolute Gasteiger partial charge is 0.416 e. The molecule has 6 aliphatic heterocycles. The highest BCUT2D eigenvalue weighted by Crippen LogP contribution is 2.46. The molecule has 6 aliphatic rings. The Morgan fingerprint density at radius 3 is 1.64 bits per heavy atom. The largest absolute Gasteiger partial charge is 0.508 e. The SMILES string of the molecule is C=CCOC(=O)N1c2cc(O)c(C)cc2C(=O)N2c3ccccc3C[C@H]2C1OC1CCCCO1.C=CCOC(=O)N1c2cc(OCCCC(C)=O)c(C)cc2C(=O)N2c3ccccc3C[C@H]2C1OC1CCCCO1. The summed E-state index contributed by atoms with van der Waals surface area (Å²) in [5.74, 6) is 0.100. The lowest BCUT2D eigenvalue weighted by Gasteiger charge is -2.38. The Hall–Kier alpha value is -7.05. The first-order valence-corrected chi connectivity index (χ1v) is 25.5. The fraction of sp³-hybridized carbons (Fsp3) is 0.421. The van der Waals surface area contributed by atoms with E-state index in [9.17, 15) is 29.1 Å². The maximum Gasteiger partial charge on any atom is 0.416 e. The van der Waals surface area contributed by atoms with E-state index >= 15 is 0 Å². The van der Waals surface area contributed by atoms with Crippen LogP contribution in [0.5, 0.6) is 11.5 Å². The van der Waals surface area contributed by atoms with Crippen molar-refractivity contribution in [3.8, 4) is 11.5 Å². The van der Waals surface area contributed by atoms with Gasteiger partial charge < -0.3 is 52.9 Å². The molecule has 0 bridgehead atoms. The van der Waals surface area contributed by atoms with Crippen LogP contribution >= 0.6 is 0 Å². The van der Waals surface area contributed by atoms with Crippen molar-refractivity contribution in [1.29, 1.82) is 0 Å². The van der Waals surface area contributed by atoms with Crippen molar-refractivity contribution in [2.24, 2.45) is 0 Å². The number of benzene rings is 4. The zero-order valence-corrected chi connectivity index (χ0v) is 42.2. The zero-order valence-electron chi connectivity index (χ0n) is 42.2. The van der Waals surface area contributed by atoms with Gasteiger partial charge in [-0.05, 0) is 125 Å². The molecule has 1 N–H and O–H groups in total. The van der Waals surface area contributed by atoms with Crippen LogP contribution in [0.15, 0.2) is 98.1 Å². The molecule has 2 fully saturated rings. The van der Waals surface area contributed by atoms with Gasteiger partial charge in [0, 0.05) is 43.1 Å². The predicted molar refractivity (Wildman–Crippen MR) is 276 cm³/mol. The zero-order chi connectivity index (χ0) is 52.0. The van der Waals surface area contributed by atoms with E-state index in [1.54, 1.807) is 41.8 Å². The summed E-state index contributed by atoms with van der Waals surface area (Å²) in [6, 6.07) is 21.0. The topological polar surface area (TPSA) is 183 Å². The van der Waals surface area contributed by atoms with E-state index in [1.165, 1.54) is 28.0 Å². The lowest BCUT2D eigenvalue weighted by Crippen LogP contribution is -2.55. The molecule has 2 saturated heterocycles. The highest BCUT2D eigenvalue weighted by atomic mass is 16.7. The van der Waals surface area contributed by atoms with Crippen LogP contribution in [0.25, 0.3) is 0 Å². The summed E-state index contributed by atoms with van der Waals surface area (Å²) in [4.78, 5) is 73.0. The number of aryl methyl sites for hydroxylation is 2. The van der Waals surface area contributed by atoms with Gasteiger partial charge in [-0.3, -0.25) is 9.59 Å². The summed E-state index contributed by atoms with van der Waals surface area (Å²) >= 11 is 0. The number of anilines is 4. The number of Topliss-reactive ketones (excluding diaryl/α,β-unsaturated/α-hetero) is 1. The molecule has 0 saturated carbocycles. The monoisotopic (exact) mass is 1010 g/mol. The second-order valence-corrected chi connectivity index (χ2v) is 19.2. The maximum atomic E-state index is 14.3. The number of rotatable bonds is 13. The molecular formula is C57H64N4O13. The van der Waals surface area contributed by atoms with Crippen LogP contribution in [-0.2, 0) is 46.1 Å². The molecule has 74 heavy (non-hydrogen) atoms. The van der Waals surface area contributed by atoms with E-state index in [2.05, 4.69) is 13.2 Å². The molecule has 10 rings (SSSR count). The Morgan fingerprint density at radius 1 is 0.676 bits per heavy atom. The molecule has 390 valence electrons. The first kappa shape index (κ1) is 51.8. The summed E-state index contributed by atoms with van der Waals surface area (Å²) in [6.45, 7) is 13.9. The molecule has 17 nitrogen and oxygen atoms in total. The van der Waals surface area contributed by atoms with Crippen LogP contribution in [-0.4, -0.2) is 105 Å². The minimum atomic E-state index is -0.889. The van der Waals surface area contributed by atoms with E-state index in [0.29, 0.717) is 86.5 Å². The van der Waals surface area contributed by atoms with Crippen molar-refractivity contribution in [2.75, 3.05) is 52.6 Å². The second kappa shape index (κ2) is 23.0. The van der Waals surface area contributed by atoms with Gasteiger partial charge in [-0.15, -0.1) is 0 Å². The third-order valence-electron chi connectivity index (χ3n) is 14.0. The van der Waals surface area contributed by atoms with Gasteiger partial charge in [0.2, 0.25) is 0 Å². The predicted octanol–water partition coefficient (Wildman–Crippen LogP) is 9.61. The molecule has 0 aromatic heterocycles. The summed E-state index contributed by atoms with van der Waals surface area (Å²) < 4.78 is 41.8. The highest BCUT2D eigenvalue weighted by Gasteiger charge is 2.51. The molecule has 17 heteroatoms. The fourth-order valence-electron chi connectivity index (χ4n) is 10.5. The number of phenolic OH excluding ortho intramolecular Hbond substituents is 1. The number of ether oxygens (including phenoxy) is 7. The Balaban J connectivity index is 0.000000184. The van der Waals surface area contributed by atoms with Gasteiger partial charge in [0.05, 0.1) is 41.2 Å². The van der Waals surface area contributed by atoms with E-state index < -0.39 is 49.3 Å². The lowest BCUT2D eigenvalue weighted by molar-refractivity contribution is -0.190. The maximum absolute atomic E-state index is 14.3. The molecule has 4 unspecified atom stereocenters. The Kier molecular flexibility index (Phi) is 16.1. The number of fused-ring (bicyclic) bond motifs is 8. The van der Waals surface area contributed by atoms with Gasteiger partial charge in [0.15, 0.2) is 25.0 Å². The molecule has 4 aromatic carbocycles. The standard InChI is InChI=1S/C31H36N2O7.C26H28N2O6/c1-4-14-39-31(36)33-25-19-27(37-16-9-10-21(3)34)20(2)17-23(25)29(35)32-24-12-6-5-11-22(24)18-26(32)30(33)40-28-13-7-8-15-38-28;1-3-11-33-26(31)28-20-15-22(29)16(2)13-18(20)24(30)27-19-9-5-4-8-17(19)14-21(27)25(28)34-23-10-6-7-12-32-23/h4-6,11-12,17,19,26,28,30H,1,7-10,13-16,18H2,2-3H3;3-5,8-9,13,15,21,23,25,29H,1,6-7,10-12,14H2,2H3/t26-,28?,30?;21-,23?,25?/m00/s1. The molecule has 6 heterocycles. The third kappa shape index (κ3) is 10.6. The number of aromatic hydroxyl groups is 1. The highest BCUT2D eigenvalue weighted by molar-refractivity contribution is 6.15. The number of para-hydroxylation sites is 2. The van der Waals surface area contributed by atoms with Gasteiger partial charge in [0.1, 0.15) is 30.5 Å². The van der Waals surface area contributed by atoms with E-state index in [-0.39, 0.29) is 42.2 Å². The molecule has 0 spiro atoms. The average molecular weight is 1010 g/mol. The van der Waals surface area contributed by atoms with E-state index in [0.717, 1.165) is 53.7 Å². The number of ketones is 1. The number of hydrogen-bond acceptors (Lipinski definition) is 13. The summed E-state index contributed by atoms with van der Waals surface area (Å²) in [6.07, 6.45) is 5.97. The van der Waals surface area contributed by atoms with Gasteiger partial charge in [-0.1, -0.05) is 61.7 Å². The Labute approximate surface area is 431 Å². The molecule has 0 aliphatic carbocycles. The minimum Gasteiger partial charge on any atom is -0.508 e. The number of nitrogens with zero attached hydrogens (tertiary/aromatic N) is 4. The molecular weight excluding hydrogens is 949 g/mol. The van der Waals surface area contributed by atoms with Crippen molar-refractivity contribution >= 4 is 52.5 Å². The van der Waals surface area contributed by atoms with Crippen molar-refractivity contribution in [3.05, 3.63) is 131 Å². The van der Waals surface area contributed by atoms with Crippen LogP contribution in [0, 0.1) is 13.8 Å². The van der Waals surface area contributed by atoms with Crippen molar-refractivity contribution in [1.82, 2.24) is 0 Å². The summed E-state index contributed by atoms with van der Waals surface area (Å²) in [7, 11) is 0. The van der Waals surface area contributed by atoms with Gasteiger partial charge >= 0.3 is 12.2 Å². The Morgan fingerprint density at radius 2 is 1.16 bits per heavy atom. The van der Waals surface area contributed by atoms with Gasteiger partial charge in [-0.25, -0.2) is 19.4 Å². The summed E-state index contributed by atoms with van der Waals surface area (Å²) in [5, 5.41) is 10.5. The third-order valence-corrected chi connectivity index (χ3v) is 14.0. The molecule has 4 aromatic rings. The van der Waals surface area contributed by atoms with Gasteiger partial charge in [0.25, 0.3) is 11.8 Å². The molecule has 0 radical (unpaired) electrons. The first-order chi connectivity index (χ1) is 35.9. The first-order valence-electron chi connectivity index (χ1n) is 25.5. The average Bonchev–Trinajstić information content (AvgIpc) is 3.95. The van der Waals surface area contributed by atoms with Crippen LogP contribution in [0.1, 0.15) is 101 Å². The minimum absolute atomic E-state index is 0.000132. The number of amides is 4. The number of phenols is 1. The molecule has 6 atom stereocenters. The fourth-order valence-corrected chi connectivity index (χ4v) is 10.5. The van der Waals surface area contributed by atoms with E-state index in [1.807, 2.05) is 55.5 Å². The Bertz CT molecular complexity index is 2790. The van der Waals surface area contributed by atoms with Crippen LogP contribution in [0.2, 0.25) is 0 Å². The normalized spacial score (nSPS) is 22.5. The number of carbonyl (C=O) groups is 5. The van der Waals surface area contributed by atoms with E-state index in [4.69, 9.17) is 33.2 Å². The van der Waals surface area contributed by atoms with Gasteiger partial charge in [-0.2, -0.15) is 0 Å².